The topological polar surface area (TPSA) is 86.2 Å². The van der Waals surface area contributed by atoms with E-state index in [1.54, 1.807) is 38.1 Å². The van der Waals surface area contributed by atoms with E-state index < -0.39 is 12.2 Å². The second-order valence-corrected chi connectivity index (χ2v) is 9.31. The number of rotatable bonds is 4. The lowest BCUT2D eigenvalue weighted by Gasteiger charge is -2.16. The van der Waals surface area contributed by atoms with E-state index in [2.05, 4.69) is 5.32 Å². The predicted molar refractivity (Wildman–Crippen MR) is 125 cm³/mol. The Bertz CT molecular complexity index is 1620. The normalized spacial score (nSPS) is 16.5. The standard InChI is InChI=1S/C26H22F2N4O3/c1-26(2,33)22-9-7-16(13-31(22)34)14-6-8-17-19(10-14)32-20-11-18(24(32)30-17)29-12-15-4-3-5-21(23(15)20)35-25(27)28/h3-10,12-13,18,25,29,33H,11H2,1-2H3/t18-/m1/s1. The van der Waals surface area contributed by atoms with E-state index in [0.717, 1.165) is 33.3 Å². The molecule has 0 spiro atoms. The molecule has 7 nitrogen and oxygen atoms in total. The summed E-state index contributed by atoms with van der Waals surface area (Å²) in [5, 5.41) is 27.5. The Morgan fingerprint density at radius 3 is 2.74 bits per heavy atom. The SMILES string of the molecule is CC(C)(O)c1ccc(-c2ccc3nc4n(c3c2)C2=c3c(OC(F)F)cccc3=CN[C@@H]4C2)c[n+]1[O-]. The number of halogens is 2. The Kier molecular flexibility index (Phi) is 4.62. The molecule has 6 rings (SSSR count). The second-order valence-electron chi connectivity index (χ2n) is 9.31. The number of pyridine rings is 1. The molecule has 0 fully saturated rings. The molecule has 4 aromatic rings. The fraction of sp³-hybridized carbons (Fsp3) is 0.231. The van der Waals surface area contributed by atoms with Gasteiger partial charge in [0.05, 0.1) is 17.1 Å². The lowest BCUT2D eigenvalue weighted by atomic mass is 10.0. The van der Waals surface area contributed by atoms with Gasteiger partial charge in [0.25, 0.3) is 0 Å². The Morgan fingerprint density at radius 2 is 2.00 bits per heavy atom. The first-order valence-electron chi connectivity index (χ1n) is 11.2. The van der Waals surface area contributed by atoms with Crippen molar-refractivity contribution >= 4 is 22.9 Å². The lowest BCUT2D eigenvalue weighted by Crippen LogP contribution is -2.39. The summed E-state index contributed by atoms with van der Waals surface area (Å²) in [6, 6.07) is 14.1. The summed E-state index contributed by atoms with van der Waals surface area (Å²) in [6.07, 6.45) is 3.82. The van der Waals surface area contributed by atoms with Crippen molar-refractivity contribution in [1.29, 1.82) is 0 Å². The second kappa shape index (κ2) is 7.51. The van der Waals surface area contributed by atoms with Gasteiger partial charge in [0, 0.05) is 40.4 Å². The molecule has 2 bridgehead atoms. The maximum Gasteiger partial charge on any atom is 0.387 e. The Balaban J connectivity index is 1.57. The van der Waals surface area contributed by atoms with Gasteiger partial charge in [-0.05, 0) is 43.7 Å². The third-order valence-corrected chi connectivity index (χ3v) is 6.54. The number of hydrogen-bond acceptors (Lipinski definition) is 5. The van der Waals surface area contributed by atoms with E-state index in [1.807, 2.05) is 35.0 Å². The zero-order chi connectivity index (χ0) is 24.5. The van der Waals surface area contributed by atoms with E-state index in [0.29, 0.717) is 21.9 Å². The maximum atomic E-state index is 13.2. The summed E-state index contributed by atoms with van der Waals surface area (Å²) in [5.74, 6) is 0.906. The number of nitrogens with zero attached hydrogens (tertiary/aromatic N) is 3. The molecule has 2 N–H and O–H groups in total. The highest BCUT2D eigenvalue weighted by Crippen LogP contribution is 2.38. The minimum atomic E-state index is -2.94. The van der Waals surface area contributed by atoms with Crippen LogP contribution in [0.3, 0.4) is 0 Å². The summed E-state index contributed by atoms with van der Waals surface area (Å²) in [6.45, 7) is 0.183. The maximum absolute atomic E-state index is 13.2. The zero-order valence-corrected chi connectivity index (χ0v) is 19.0. The van der Waals surface area contributed by atoms with Crippen LogP contribution in [0.1, 0.15) is 37.8 Å². The number of nitrogens with one attached hydrogen (secondary N) is 1. The fourth-order valence-corrected chi connectivity index (χ4v) is 5.00. The minimum absolute atomic E-state index is 0.109. The van der Waals surface area contributed by atoms with Gasteiger partial charge >= 0.3 is 6.61 Å². The van der Waals surface area contributed by atoms with Crippen LogP contribution in [0, 0.1) is 5.21 Å². The van der Waals surface area contributed by atoms with Crippen LogP contribution in [0.4, 0.5) is 8.78 Å². The summed E-state index contributed by atoms with van der Waals surface area (Å²) >= 11 is 0. The molecular formula is C26H22F2N4O3. The number of imidazole rings is 1. The molecule has 1 atom stereocenters. The highest BCUT2D eigenvalue weighted by Gasteiger charge is 2.33. The highest BCUT2D eigenvalue weighted by atomic mass is 19.3. The van der Waals surface area contributed by atoms with E-state index in [4.69, 9.17) is 9.72 Å². The number of hydrogen-bond donors (Lipinski definition) is 2. The number of alkyl halides is 2. The van der Waals surface area contributed by atoms with E-state index in [-0.39, 0.29) is 17.5 Å². The smallest absolute Gasteiger partial charge is 0.387 e. The van der Waals surface area contributed by atoms with Crippen molar-refractivity contribution < 1.29 is 23.4 Å². The monoisotopic (exact) mass is 476 g/mol. The van der Waals surface area contributed by atoms with Crippen LogP contribution in [-0.2, 0) is 5.60 Å². The average Bonchev–Trinajstić information content (AvgIpc) is 3.25. The van der Waals surface area contributed by atoms with Crippen molar-refractivity contribution in [3.05, 3.63) is 81.9 Å². The average molecular weight is 476 g/mol. The number of aliphatic hydroxyl groups is 1. The van der Waals surface area contributed by atoms with Crippen molar-refractivity contribution in [2.24, 2.45) is 0 Å². The van der Waals surface area contributed by atoms with Crippen molar-refractivity contribution in [3.63, 3.8) is 0 Å². The summed E-state index contributed by atoms with van der Waals surface area (Å²) < 4.78 is 33.9. The van der Waals surface area contributed by atoms with Gasteiger partial charge in [0.1, 0.15) is 17.2 Å². The third-order valence-electron chi connectivity index (χ3n) is 6.54. The van der Waals surface area contributed by atoms with Crippen molar-refractivity contribution in [1.82, 2.24) is 14.9 Å². The van der Waals surface area contributed by atoms with Gasteiger partial charge in [-0.1, -0.05) is 18.2 Å². The molecule has 0 unspecified atom stereocenters. The van der Waals surface area contributed by atoms with Gasteiger partial charge in [-0.2, -0.15) is 13.5 Å². The number of benzene rings is 2. The summed E-state index contributed by atoms with van der Waals surface area (Å²) in [7, 11) is 0. The van der Waals surface area contributed by atoms with Crippen molar-refractivity contribution in [3.8, 4) is 16.9 Å². The molecule has 2 aliphatic rings. The predicted octanol–water partition coefficient (Wildman–Crippen LogP) is 2.61. The molecule has 2 aromatic heterocycles. The van der Waals surface area contributed by atoms with Crippen molar-refractivity contribution in [2.75, 3.05) is 0 Å². The molecule has 0 radical (unpaired) electrons. The molecule has 2 aromatic carbocycles. The first kappa shape index (κ1) is 21.5. The van der Waals surface area contributed by atoms with Crippen LogP contribution in [0.5, 0.6) is 5.75 Å². The van der Waals surface area contributed by atoms with Crippen LogP contribution < -0.4 is 25.2 Å². The van der Waals surface area contributed by atoms with Gasteiger partial charge in [0.15, 0.2) is 6.20 Å². The third kappa shape index (κ3) is 3.42. The van der Waals surface area contributed by atoms with Crippen LogP contribution in [0.2, 0.25) is 0 Å². The molecule has 4 heterocycles. The number of ether oxygens (including phenoxy) is 1. The van der Waals surface area contributed by atoms with Gasteiger partial charge in [-0.25, -0.2) is 4.98 Å². The molecule has 0 amide bonds. The summed E-state index contributed by atoms with van der Waals surface area (Å²) in [5.41, 5.74) is 2.85. The van der Waals surface area contributed by atoms with Crippen molar-refractivity contribution in [2.45, 2.75) is 38.5 Å². The molecule has 9 heteroatoms. The molecule has 2 aliphatic heterocycles. The quantitative estimate of drug-likeness (QED) is 0.349. The van der Waals surface area contributed by atoms with Gasteiger partial charge in [-0.3, -0.25) is 4.57 Å². The fourth-order valence-electron chi connectivity index (χ4n) is 5.00. The lowest BCUT2D eigenvalue weighted by molar-refractivity contribution is -0.621. The molecule has 35 heavy (non-hydrogen) atoms. The highest BCUT2D eigenvalue weighted by molar-refractivity contribution is 5.86. The molecule has 0 saturated carbocycles. The van der Waals surface area contributed by atoms with Crippen LogP contribution in [-0.4, -0.2) is 21.3 Å². The van der Waals surface area contributed by atoms with E-state index >= 15 is 0 Å². The first-order chi connectivity index (χ1) is 16.7. The first-order valence-corrected chi connectivity index (χ1v) is 11.2. The Labute approximate surface area is 198 Å². The van der Waals surface area contributed by atoms with Gasteiger partial charge in [0.2, 0.25) is 5.69 Å². The molecule has 0 aliphatic carbocycles. The van der Waals surface area contributed by atoms with Crippen LogP contribution in [0.15, 0.2) is 54.7 Å². The molecular weight excluding hydrogens is 454 g/mol. The van der Waals surface area contributed by atoms with E-state index in [1.165, 1.54) is 6.20 Å². The zero-order valence-electron chi connectivity index (χ0n) is 19.0. The minimum Gasteiger partial charge on any atom is -0.618 e. The van der Waals surface area contributed by atoms with E-state index in [9.17, 15) is 19.1 Å². The number of fused-ring (bicyclic) bond motifs is 8. The molecule has 178 valence electrons. The van der Waals surface area contributed by atoms with Gasteiger partial charge in [-0.15, -0.1) is 0 Å². The Morgan fingerprint density at radius 1 is 1.20 bits per heavy atom. The van der Waals surface area contributed by atoms with Crippen LogP contribution in [0.25, 0.3) is 34.1 Å². The summed E-state index contributed by atoms with van der Waals surface area (Å²) in [4.78, 5) is 4.81. The molecule has 0 saturated heterocycles. The van der Waals surface area contributed by atoms with Gasteiger partial charge < -0.3 is 20.4 Å². The Hall–Kier alpha value is -3.98. The largest absolute Gasteiger partial charge is 0.618 e. The number of aromatic nitrogens is 3. The van der Waals surface area contributed by atoms with Crippen LogP contribution >= 0.6 is 0 Å².